The largest absolute Gasteiger partial charge is 0.423 e. The van der Waals surface area contributed by atoms with Gasteiger partial charge in [0.25, 0.3) is 0 Å². The van der Waals surface area contributed by atoms with E-state index in [0.717, 1.165) is 19.3 Å². The highest BCUT2D eigenvalue weighted by Gasteiger charge is 2.06. The summed E-state index contributed by atoms with van der Waals surface area (Å²) in [6, 6.07) is 15.0. The molecule has 140 valence electrons. The lowest BCUT2D eigenvalue weighted by Crippen LogP contribution is -2.08. The Morgan fingerprint density at radius 3 is 1.33 bits per heavy atom. The van der Waals surface area contributed by atoms with E-state index in [4.69, 9.17) is 9.47 Å². The molecule has 0 saturated heterocycles. The first kappa shape index (κ1) is 20.2. The number of esters is 2. The molecule has 0 aliphatic heterocycles. The minimum atomic E-state index is -0.417. The van der Waals surface area contributed by atoms with Gasteiger partial charge < -0.3 is 9.47 Å². The standard InChI is InChI=1S/C23H24O4/c1-16(2)22(24)26-20-12-8-18(9-13-20)6-5-7-19-10-14-21(15-11-19)27-23(25)17(3)4/h8-15H,1,3,5-7H2,2,4H3. The zero-order chi connectivity index (χ0) is 19.8. The van der Waals surface area contributed by atoms with Crippen molar-refractivity contribution in [3.8, 4) is 11.5 Å². The lowest BCUT2D eigenvalue weighted by Gasteiger charge is -2.07. The first-order valence-corrected chi connectivity index (χ1v) is 8.78. The molecule has 0 unspecified atom stereocenters. The second kappa shape index (κ2) is 9.53. The van der Waals surface area contributed by atoms with Crippen molar-refractivity contribution >= 4 is 11.9 Å². The van der Waals surface area contributed by atoms with E-state index in [-0.39, 0.29) is 0 Å². The van der Waals surface area contributed by atoms with Crippen molar-refractivity contribution in [2.24, 2.45) is 0 Å². The van der Waals surface area contributed by atoms with Crippen LogP contribution in [0.5, 0.6) is 11.5 Å². The number of benzene rings is 2. The van der Waals surface area contributed by atoms with Crippen LogP contribution in [0.25, 0.3) is 0 Å². The van der Waals surface area contributed by atoms with E-state index in [9.17, 15) is 9.59 Å². The van der Waals surface area contributed by atoms with E-state index in [0.29, 0.717) is 22.6 Å². The number of carbonyl (C=O) groups is 2. The molecule has 0 spiro atoms. The van der Waals surface area contributed by atoms with E-state index in [1.807, 2.05) is 24.3 Å². The van der Waals surface area contributed by atoms with Gasteiger partial charge in [-0.3, -0.25) is 0 Å². The van der Waals surface area contributed by atoms with Crippen LogP contribution >= 0.6 is 0 Å². The van der Waals surface area contributed by atoms with Crippen LogP contribution in [0.3, 0.4) is 0 Å². The van der Waals surface area contributed by atoms with Gasteiger partial charge in [0, 0.05) is 11.1 Å². The van der Waals surface area contributed by atoms with Crippen molar-refractivity contribution in [2.45, 2.75) is 33.1 Å². The summed E-state index contributed by atoms with van der Waals surface area (Å²) in [5, 5.41) is 0. The Morgan fingerprint density at radius 1 is 0.704 bits per heavy atom. The van der Waals surface area contributed by atoms with E-state index in [1.165, 1.54) is 11.1 Å². The molecule has 0 saturated carbocycles. The van der Waals surface area contributed by atoms with E-state index >= 15 is 0 Å². The fraction of sp³-hybridized carbons (Fsp3) is 0.217. The van der Waals surface area contributed by atoms with Crippen molar-refractivity contribution in [1.82, 2.24) is 0 Å². The van der Waals surface area contributed by atoms with Gasteiger partial charge in [0.2, 0.25) is 0 Å². The number of hydrogen-bond acceptors (Lipinski definition) is 4. The molecule has 0 aliphatic rings. The molecule has 0 fully saturated rings. The quantitative estimate of drug-likeness (QED) is 0.383. The minimum Gasteiger partial charge on any atom is -0.423 e. The molecule has 0 aliphatic carbocycles. The molecule has 4 heteroatoms. The molecule has 27 heavy (non-hydrogen) atoms. The molecule has 2 aromatic rings. The highest BCUT2D eigenvalue weighted by atomic mass is 16.5. The highest BCUT2D eigenvalue weighted by Crippen LogP contribution is 2.17. The maximum absolute atomic E-state index is 11.5. The van der Waals surface area contributed by atoms with Crippen LogP contribution in [0.1, 0.15) is 31.4 Å². The molecular formula is C23H24O4. The van der Waals surface area contributed by atoms with Crippen molar-refractivity contribution in [3.05, 3.63) is 84.0 Å². The lowest BCUT2D eigenvalue weighted by molar-refractivity contribution is -0.130. The fourth-order valence-electron chi connectivity index (χ4n) is 2.33. The Labute approximate surface area is 160 Å². The van der Waals surface area contributed by atoms with Gasteiger partial charge in [-0.1, -0.05) is 37.4 Å². The summed E-state index contributed by atoms with van der Waals surface area (Å²) >= 11 is 0. The maximum Gasteiger partial charge on any atom is 0.338 e. The summed E-state index contributed by atoms with van der Waals surface area (Å²) in [7, 11) is 0. The van der Waals surface area contributed by atoms with Crippen LogP contribution in [0, 0.1) is 0 Å². The summed E-state index contributed by atoms with van der Waals surface area (Å²) < 4.78 is 10.4. The molecule has 2 aromatic carbocycles. The van der Waals surface area contributed by atoms with Crippen molar-refractivity contribution in [2.75, 3.05) is 0 Å². The molecule has 4 nitrogen and oxygen atoms in total. The number of carbonyl (C=O) groups excluding carboxylic acids is 2. The minimum absolute atomic E-state index is 0.375. The summed E-state index contributed by atoms with van der Waals surface area (Å²) in [6.45, 7) is 10.4. The van der Waals surface area contributed by atoms with E-state index < -0.39 is 11.9 Å². The Kier molecular flexibility index (Phi) is 7.12. The maximum atomic E-state index is 11.5. The number of aryl methyl sites for hydroxylation is 2. The predicted molar refractivity (Wildman–Crippen MR) is 106 cm³/mol. The van der Waals surface area contributed by atoms with Gasteiger partial charge in [-0.25, -0.2) is 9.59 Å². The van der Waals surface area contributed by atoms with E-state index in [1.54, 1.807) is 38.1 Å². The average Bonchev–Trinajstić information content (AvgIpc) is 2.64. The number of ether oxygens (including phenoxy) is 2. The Bertz CT molecular complexity index is 758. The van der Waals surface area contributed by atoms with Gasteiger partial charge >= 0.3 is 11.9 Å². The first-order chi connectivity index (χ1) is 12.8. The molecule has 2 rings (SSSR count). The summed E-state index contributed by atoms with van der Waals surface area (Å²) in [5.41, 5.74) is 3.10. The fourth-order valence-corrected chi connectivity index (χ4v) is 2.33. The van der Waals surface area contributed by atoms with Gasteiger partial charge in [-0.05, 0) is 68.5 Å². The van der Waals surface area contributed by atoms with Crippen molar-refractivity contribution in [3.63, 3.8) is 0 Å². The third-order valence-electron chi connectivity index (χ3n) is 3.90. The van der Waals surface area contributed by atoms with Crippen LogP contribution in [0.2, 0.25) is 0 Å². The smallest absolute Gasteiger partial charge is 0.338 e. The summed E-state index contributed by atoms with van der Waals surface area (Å²) in [5.74, 6) is 0.207. The van der Waals surface area contributed by atoms with Crippen molar-refractivity contribution < 1.29 is 19.1 Å². The average molecular weight is 364 g/mol. The molecule has 0 amide bonds. The number of rotatable bonds is 8. The third-order valence-corrected chi connectivity index (χ3v) is 3.90. The van der Waals surface area contributed by atoms with Gasteiger partial charge in [0.15, 0.2) is 0 Å². The molecule has 0 bridgehead atoms. The molecule has 0 atom stereocenters. The van der Waals surface area contributed by atoms with Crippen LogP contribution in [-0.4, -0.2) is 11.9 Å². The Morgan fingerprint density at radius 2 is 1.04 bits per heavy atom. The normalized spacial score (nSPS) is 10.1. The number of hydrogen-bond donors (Lipinski definition) is 0. The molecule has 0 aromatic heterocycles. The van der Waals surface area contributed by atoms with Gasteiger partial charge in [-0.2, -0.15) is 0 Å². The topological polar surface area (TPSA) is 52.6 Å². The van der Waals surface area contributed by atoms with E-state index in [2.05, 4.69) is 13.2 Å². The van der Waals surface area contributed by atoms with Crippen LogP contribution in [0.4, 0.5) is 0 Å². The lowest BCUT2D eigenvalue weighted by atomic mass is 10.0. The molecule has 0 N–H and O–H groups in total. The van der Waals surface area contributed by atoms with Gasteiger partial charge in [-0.15, -0.1) is 0 Å². The van der Waals surface area contributed by atoms with Crippen LogP contribution in [0.15, 0.2) is 72.8 Å². The first-order valence-electron chi connectivity index (χ1n) is 8.78. The summed E-state index contributed by atoms with van der Waals surface area (Å²) in [4.78, 5) is 23.0. The SMILES string of the molecule is C=C(C)C(=O)Oc1ccc(CCCc2ccc(OC(=O)C(=C)C)cc2)cc1. The zero-order valence-electron chi connectivity index (χ0n) is 15.8. The third kappa shape index (κ3) is 6.59. The molecule has 0 heterocycles. The Balaban J connectivity index is 1.80. The zero-order valence-corrected chi connectivity index (χ0v) is 15.8. The monoisotopic (exact) mass is 364 g/mol. The molecular weight excluding hydrogens is 340 g/mol. The van der Waals surface area contributed by atoms with Crippen LogP contribution in [-0.2, 0) is 22.4 Å². The highest BCUT2D eigenvalue weighted by molar-refractivity contribution is 5.89. The summed E-state index contributed by atoms with van der Waals surface area (Å²) in [6.07, 6.45) is 2.82. The molecule has 0 radical (unpaired) electrons. The van der Waals surface area contributed by atoms with Gasteiger partial charge in [0.1, 0.15) is 11.5 Å². The van der Waals surface area contributed by atoms with Crippen LogP contribution < -0.4 is 9.47 Å². The predicted octanol–water partition coefficient (Wildman–Crippen LogP) is 4.82. The Hall–Kier alpha value is -3.14. The van der Waals surface area contributed by atoms with Gasteiger partial charge in [0.05, 0.1) is 0 Å². The van der Waals surface area contributed by atoms with Crippen molar-refractivity contribution in [1.29, 1.82) is 0 Å². The second-order valence-corrected chi connectivity index (χ2v) is 6.48. The second-order valence-electron chi connectivity index (χ2n) is 6.48.